The highest BCUT2D eigenvalue weighted by Crippen LogP contribution is 2.47. The Morgan fingerprint density at radius 1 is 0.937 bits per heavy atom. The molecule has 322 valence electrons. The maximum atomic E-state index is 16.2. The summed E-state index contributed by atoms with van der Waals surface area (Å²) in [6, 6.07) is 33.0. The van der Waals surface area contributed by atoms with Gasteiger partial charge in [-0.25, -0.2) is 9.37 Å². The Balaban J connectivity index is 0.746. The summed E-state index contributed by atoms with van der Waals surface area (Å²) in [4.78, 5) is 13.2. The first kappa shape index (κ1) is 40.9. The largest absolute Gasteiger partial charge is 0.508 e. The lowest BCUT2D eigenvalue weighted by Gasteiger charge is -2.36. The Kier molecular flexibility index (Phi) is 11.2. The van der Waals surface area contributed by atoms with Gasteiger partial charge in [-0.3, -0.25) is 14.5 Å². The number of phenols is 1. The van der Waals surface area contributed by atoms with Crippen molar-refractivity contribution >= 4 is 22.7 Å². The number of aromatic hydroxyl groups is 1. The van der Waals surface area contributed by atoms with Crippen molar-refractivity contribution in [2.45, 2.75) is 76.4 Å². The molecule has 7 aromatic rings. The van der Waals surface area contributed by atoms with E-state index in [9.17, 15) is 5.11 Å². The van der Waals surface area contributed by atoms with Crippen LogP contribution in [0.1, 0.15) is 98.5 Å². The van der Waals surface area contributed by atoms with Crippen LogP contribution >= 0.6 is 11.3 Å². The maximum Gasteiger partial charge on any atom is 0.196 e. The minimum Gasteiger partial charge on any atom is -0.508 e. The van der Waals surface area contributed by atoms with Crippen LogP contribution in [0.25, 0.3) is 5.00 Å². The number of anilines is 1. The van der Waals surface area contributed by atoms with E-state index in [1.165, 1.54) is 32.7 Å². The number of hydrogen-bond acceptors (Lipinski definition) is 10. The molecule has 3 aliphatic rings. The zero-order valence-corrected chi connectivity index (χ0v) is 36.7. The number of hydrogen-bond donors (Lipinski definition) is 2. The van der Waals surface area contributed by atoms with Crippen molar-refractivity contribution in [3.05, 3.63) is 171 Å². The number of fused-ring (bicyclic) bond motifs is 4. The van der Waals surface area contributed by atoms with Crippen LogP contribution in [0.5, 0.6) is 11.5 Å². The minimum atomic E-state index is -1.30. The molecular weight excluding hydrogens is 810 g/mol. The molecule has 10 rings (SSSR count). The van der Waals surface area contributed by atoms with Crippen molar-refractivity contribution in [2.24, 2.45) is 4.99 Å². The van der Waals surface area contributed by atoms with Crippen molar-refractivity contribution in [1.82, 2.24) is 24.6 Å². The predicted octanol–water partition coefficient (Wildman–Crippen LogP) is 10.2. The van der Waals surface area contributed by atoms with E-state index in [1.807, 2.05) is 31.2 Å². The number of likely N-dealkylation sites (tertiary alicyclic amines) is 1. The van der Waals surface area contributed by atoms with E-state index in [2.05, 4.69) is 117 Å². The first-order chi connectivity index (χ1) is 30.7. The van der Waals surface area contributed by atoms with Gasteiger partial charge in [0.1, 0.15) is 46.9 Å². The van der Waals surface area contributed by atoms with Gasteiger partial charge < -0.3 is 19.6 Å². The fourth-order valence-electron chi connectivity index (χ4n) is 9.75. The molecule has 1 unspecified atom stereocenters. The van der Waals surface area contributed by atoms with E-state index in [-0.39, 0.29) is 18.5 Å². The van der Waals surface area contributed by atoms with Crippen LogP contribution in [0.2, 0.25) is 0 Å². The number of ether oxygens (including phenoxy) is 1. The smallest absolute Gasteiger partial charge is 0.196 e. The Morgan fingerprint density at radius 3 is 2.49 bits per heavy atom. The average molecular weight is 862 g/mol. The molecule has 0 saturated carbocycles. The zero-order chi connectivity index (χ0) is 43.1. The summed E-state index contributed by atoms with van der Waals surface area (Å²) in [5.41, 5.74) is 8.79. The number of aryl methyl sites for hydroxylation is 3. The molecule has 10 nitrogen and oxygen atoms in total. The molecule has 3 aromatic heterocycles. The molecule has 0 radical (unpaired) electrons. The topological polar surface area (TPSA) is 114 Å². The lowest BCUT2D eigenvalue weighted by atomic mass is 9.69. The Labute approximate surface area is 371 Å². The predicted molar refractivity (Wildman–Crippen MR) is 246 cm³/mol. The molecule has 63 heavy (non-hydrogen) atoms. The van der Waals surface area contributed by atoms with E-state index >= 15 is 4.39 Å². The number of aliphatic imine (C=N–C) groups is 1. The third kappa shape index (κ3) is 8.29. The summed E-state index contributed by atoms with van der Waals surface area (Å²) in [5.74, 6) is 3.87. The molecule has 0 amide bonds. The summed E-state index contributed by atoms with van der Waals surface area (Å²) < 4.78 is 30.2. The molecule has 1 saturated heterocycles. The number of thiophene rings is 1. The number of alkyl halides is 1. The molecule has 5 heterocycles. The van der Waals surface area contributed by atoms with Crippen LogP contribution < -0.4 is 10.1 Å². The Morgan fingerprint density at radius 2 is 1.73 bits per heavy atom. The number of nitrogens with one attached hydrogen (secondary N) is 1. The number of halogens is 1. The van der Waals surface area contributed by atoms with Gasteiger partial charge in [0.15, 0.2) is 11.7 Å². The van der Waals surface area contributed by atoms with Crippen LogP contribution in [0.15, 0.2) is 119 Å². The van der Waals surface area contributed by atoms with Gasteiger partial charge in [-0.1, -0.05) is 60.7 Å². The second-order valence-corrected chi connectivity index (χ2v) is 18.5. The fourth-order valence-corrected chi connectivity index (χ4v) is 11.0. The highest BCUT2D eigenvalue weighted by Gasteiger charge is 2.36. The molecule has 2 aliphatic heterocycles. The normalized spacial score (nSPS) is 19.4. The third-order valence-electron chi connectivity index (χ3n) is 13.3. The van der Waals surface area contributed by atoms with Gasteiger partial charge in [-0.15, -0.1) is 21.5 Å². The van der Waals surface area contributed by atoms with Crippen molar-refractivity contribution in [2.75, 3.05) is 38.1 Å². The van der Waals surface area contributed by atoms with Gasteiger partial charge in [0.05, 0.1) is 18.3 Å². The molecular formula is C51H52FN7O3S. The molecule has 1 fully saturated rings. The summed E-state index contributed by atoms with van der Waals surface area (Å²) in [5, 5.41) is 23.7. The zero-order valence-electron chi connectivity index (χ0n) is 35.9. The monoisotopic (exact) mass is 861 g/mol. The summed E-state index contributed by atoms with van der Waals surface area (Å²) >= 11 is 1.73. The fraction of sp³-hybridized carbons (Fsp3) is 0.333. The number of rotatable bonds is 12. The van der Waals surface area contributed by atoms with E-state index in [1.54, 1.807) is 23.8 Å². The van der Waals surface area contributed by atoms with Gasteiger partial charge in [0, 0.05) is 53.8 Å². The van der Waals surface area contributed by atoms with Crippen LogP contribution in [-0.2, 0) is 12.8 Å². The first-order valence-electron chi connectivity index (χ1n) is 22.0. The maximum absolute atomic E-state index is 16.2. The number of aromatic nitrogens is 4. The number of benzene rings is 4. The lowest BCUT2D eigenvalue weighted by molar-refractivity contribution is 0.0622. The van der Waals surface area contributed by atoms with Crippen molar-refractivity contribution < 1.29 is 18.7 Å². The second kappa shape index (κ2) is 17.2. The van der Waals surface area contributed by atoms with Gasteiger partial charge in [0.2, 0.25) is 0 Å². The summed E-state index contributed by atoms with van der Waals surface area (Å²) in [7, 11) is 0. The third-order valence-corrected chi connectivity index (χ3v) is 14.5. The SMILES string of the molecule is Cc1sc2c(c1C)C(c1ccc(NCC3(F)CCN(CCOc4ccc([C@@H]5c6ccc(O)cc6CC[C@@H]5c5ccccc5)cc4)CC3)cc1)=NC(Cc1ncco1)c1nnc(C)n1-2. The van der Waals surface area contributed by atoms with Crippen LogP contribution in [0.3, 0.4) is 0 Å². The van der Waals surface area contributed by atoms with Crippen molar-refractivity contribution in [3.8, 4) is 16.5 Å². The molecule has 2 N–H and O–H groups in total. The highest BCUT2D eigenvalue weighted by molar-refractivity contribution is 7.15. The van der Waals surface area contributed by atoms with E-state index in [0.717, 1.165) is 64.3 Å². The first-order valence-corrected chi connectivity index (χ1v) is 22.9. The quantitative estimate of drug-likeness (QED) is 0.125. The van der Waals surface area contributed by atoms with Crippen LogP contribution in [-0.4, -0.2) is 73.9 Å². The van der Waals surface area contributed by atoms with Crippen LogP contribution in [0, 0.1) is 20.8 Å². The molecule has 1 aliphatic carbocycles. The minimum absolute atomic E-state index is 0.193. The van der Waals surface area contributed by atoms with E-state index in [4.69, 9.17) is 14.1 Å². The van der Waals surface area contributed by atoms with Gasteiger partial charge in [-0.2, -0.15) is 0 Å². The highest BCUT2D eigenvalue weighted by atomic mass is 32.1. The van der Waals surface area contributed by atoms with Gasteiger partial charge in [-0.05, 0) is 117 Å². The van der Waals surface area contributed by atoms with Crippen molar-refractivity contribution in [3.63, 3.8) is 0 Å². The lowest BCUT2D eigenvalue weighted by Crippen LogP contribution is -2.46. The summed E-state index contributed by atoms with van der Waals surface area (Å²) in [6.07, 6.45) is 6.58. The second-order valence-electron chi connectivity index (χ2n) is 17.3. The molecule has 12 heteroatoms. The van der Waals surface area contributed by atoms with E-state index in [0.29, 0.717) is 56.5 Å². The van der Waals surface area contributed by atoms with Gasteiger partial charge >= 0.3 is 0 Å². The molecule has 0 spiro atoms. The molecule has 4 aromatic carbocycles. The van der Waals surface area contributed by atoms with Gasteiger partial charge in [0.25, 0.3) is 0 Å². The number of piperidine rings is 1. The van der Waals surface area contributed by atoms with Crippen molar-refractivity contribution in [1.29, 1.82) is 0 Å². The summed E-state index contributed by atoms with van der Waals surface area (Å²) in [6.45, 7) is 9.15. The molecule has 3 atom stereocenters. The number of nitrogens with zero attached hydrogens (tertiary/aromatic N) is 6. The standard InChI is InChI=1S/C51H52FN7O3S/c1-32-33(2)63-50-46(32)48(55-44(30-45-53-23-27-62-45)49-57-56-34(3)59(49)50)37-9-14-39(15-10-37)54-31-51(52)21-24-58(25-22-51)26-28-61-41-17-11-36(12-18-41)47-42(35-7-5-4-6-8-35)19-13-38-29-40(60)16-20-43(38)47/h4-12,14-18,20,23,27,29,42,44,47,54,60H,13,19,21-22,24-26,28,30-31H2,1-3H3/t42-,44?,47+/m1/s1. The number of phenolic OH excluding ortho intramolecular Hbond substituents is 1. The number of oxazole rings is 1. The Bertz CT molecular complexity index is 2720. The Hall–Kier alpha value is -6.11. The van der Waals surface area contributed by atoms with Crippen LogP contribution in [0.4, 0.5) is 10.1 Å². The average Bonchev–Trinajstić information content (AvgIpc) is 4.02. The van der Waals surface area contributed by atoms with E-state index < -0.39 is 5.67 Å². The molecule has 0 bridgehead atoms.